The van der Waals surface area contributed by atoms with E-state index in [0.717, 1.165) is 25.8 Å². The summed E-state index contributed by atoms with van der Waals surface area (Å²) in [5.74, 6) is 0.198. The zero-order valence-electron chi connectivity index (χ0n) is 8.68. The molecule has 0 radical (unpaired) electrons. The largest absolute Gasteiger partial charge is 0.346 e. The van der Waals surface area contributed by atoms with Gasteiger partial charge >= 0.3 is 0 Å². The highest BCUT2D eigenvalue weighted by Crippen LogP contribution is 2.32. The van der Waals surface area contributed by atoms with Gasteiger partial charge in [-0.05, 0) is 25.7 Å². The Morgan fingerprint density at radius 1 is 1.54 bits per heavy atom. The Kier molecular flexibility index (Phi) is 3.31. The number of nitrogens with zero attached hydrogens (tertiary/aromatic N) is 1. The molecule has 1 aliphatic rings. The summed E-state index contributed by atoms with van der Waals surface area (Å²) in [6.07, 6.45) is 4.75. The van der Waals surface area contributed by atoms with E-state index >= 15 is 0 Å². The van der Waals surface area contributed by atoms with Crippen molar-refractivity contribution in [1.82, 2.24) is 4.90 Å². The fourth-order valence-corrected chi connectivity index (χ4v) is 1.70. The van der Waals surface area contributed by atoms with Gasteiger partial charge in [0, 0.05) is 25.6 Å². The van der Waals surface area contributed by atoms with Gasteiger partial charge in [-0.25, -0.2) is 0 Å². The lowest BCUT2D eigenvalue weighted by Crippen LogP contribution is -2.50. The summed E-state index contributed by atoms with van der Waals surface area (Å²) in [5.41, 5.74) is 5.82. The molecule has 0 unspecified atom stereocenters. The summed E-state index contributed by atoms with van der Waals surface area (Å²) in [6.45, 7) is 2.92. The molecule has 1 saturated carbocycles. The number of nitrogens with two attached hydrogens (primary N) is 1. The zero-order chi connectivity index (χ0) is 9.90. The van der Waals surface area contributed by atoms with Crippen LogP contribution in [0.25, 0.3) is 0 Å². The van der Waals surface area contributed by atoms with E-state index in [9.17, 15) is 4.79 Å². The minimum absolute atomic E-state index is 0.168. The number of rotatable bonds is 4. The fourth-order valence-electron chi connectivity index (χ4n) is 1.70. The predicted molar refractivity (Wildman–Crippen MR) is 53.3 cm³/mol. The molecule has 0 aromatic carbocycles. The fraction of sp³-hybridized carbons (Fsp3) is 0.900. The first kappa shape index (κ1) is 10.5. The maximum Gasteiger partial charge on any atom is 0.224 e. The third kappa shape index (κ3) is 2.69. The lowest BCUT2D eigenvalue weighted by molar-refractivity contribution is -0.131. The smallest absolute Gasteiger partial charge is 0.224 e. The summed E-state index contributed by atoms with van der Waals surface area (Å²) in [4.78, 5) is 13.4. The molecule has 0 aromatic rings. The summed E-state index contributed by atoms with van der Waals surface area (Å²) in [6, 6.07) is 0. The average molecular weight is 184 g/mol. The van der Waals surface area contributed by atoms with Crippen molar-refractivity contribution in [3.8, 4) is 0 Å². The molecule has 1 fully saturated rings. The van der Waals surface area contributed by atoms with Crippen LogP contribution in [0.5, 0.6) is 0 Å². The Morgan fingerprint density at radius 3 is 2.54 bits per heavy atom. The van der Waals surface area contributed by atoms with E-state index in [2.05, 4.69) is 6.92 Å². The molecule has 3 heteroatoms. The molecule has 0 spiro atoms. The average Bonchev–Trinajstić information content (AvgIpc) is 2.02. The number of hydrogen-bond donors (Lipinski definition) is 1. The van der Waals surface area contributed by atoms with Crippen molar-refractivity contribution in [3.63, 3.8) is 0 Å². The van der Waals surface area contributed by atoms with Crippen molar-refractivity contribution < 1.29 is 4.79 Å². The molecule has 2 N–H and O–H groups in total. The van der Waals surface area contributed by atoms with Crippen LogP contribution in [0.15, 0.2) is 0 Å². The van der Waals surface area contributed by atoms with Crippen molar-refractivity contribution in [3.05, 3.63) is 0 Å². The normalized spacial score (nSPS) is 19.3. The SMILES string of the molecule is CCCN(C)C(=O)CC1(N)CCC1. The molecular formula is C10H20N2O. The highest BCUT2D eigenvalue weighted by atomic mass is 16.2. The van der Waals surface area contributed by atoms with Gasteiger partial charge in [-0.1, -0.05) is 6.92 Å². The monoisotopic (exact) mass is 184 g/mol. The minimum atomic E-state index is -0.168. The standard InChI is InChI=1S/C10H20N2O/c1-3-7-12(2)9(13)8-10(11)5-4-6-10/h3-8,11H2,1-2H3. The third-order valence-corrected chi connectivity index (χ3v) is 2.84. The zero-order valence-corrected chi connectivity index (χ0v) is 8.68. The second kappa shape index (κ2) is 4.09. The lowest BCUT2D eigenvalue weighted by atomic mass is 9.75. The van der Waals surface area contributed by atoms with Crippen LogP contribution in [-0.2, 0) is 4.79 Å². The van der Waals surface area contributed by atoms with Gasteiger partial charge in [-0.15, -0.1) is 0 Å². The first-order valence-corrected chi connectivity index (χ1v) is 5.10. The van der Waals surface area contributed by atoms with Gasteiger partial charge in [-0.2, -0.15) is 0 Å². The highest BCUT2D eigenvalue weighted by Gasteiger charge is 2.35. The van der Waals surface area contributed by atoms with E-state index in [1.54, 1.807) is 4.90 Å². The molecule has 0 atom stereocenters. The van der Waals surface area contributed by atoms with Crippen LogP contribution in [0.4, 0.5) is 0 Å². The van der Waals surface area contributed by atoms with E-state index < -0.39 is 0 Å². The van der Waals surface area contributed by atoms with Crippen LogP contribution >= 0.6 is 0 Å². The summed E-state index contributed by atoms with van der Waals surface area (Å²) in [5, 5.41) is 0. The predicted octanol–water partition coefficient (Wildman–Crippen LogP) is 1.13. The topological polar surface area (TPSA) is 46.3 Å². The Bertz CT molecular complexity index is 187. The Morgan fingerprint density at radius 2 is 2.15 bits per heavy atom. The maximum atomic E-state index is 11.6. The first-order valence-electron chi connectivity index (χ1n) is 5.10. The number of amides is 1. The molecular weight excluding hydrogens is 164 g/mol. The summed E-state index contributed by atoms with van der Waals surface area (Å²) >= 11 is 0. The summed E-state index contributed by atoms with van der Waals surface area (Å²) in [7, 11) is 1.86. The van der Waals surface area contributed by atoms with Crippen molar-refractivity contribution in [2.45, 2.75) is 44.6 Å². The van der Waals surface area contributed by atoms with E-state index in [1.807, 2.05) is 7.05 Å². The van der Waals surface area contributed by atoms with Crippen LogP contribution in [0.1, 0.15) is 39.0 Å². The molecule has 1 rings (SSSR count). The van der Waals surface area contributed by atoms with Crippen LogP contribution in [0.2, 0.25) is 0 Å². The second-order valence-corrected chi connectivity index (χ2v) is 4.21. The molecule has 0 aromatic heterocycles. The molecule has 1 aliphatic carbocycles. The van der Waals surface area contributed by atoms with Gasteiger partial charge in [0.05, 0.1) is 0 Å². The Labute approximate surface area is 80.3 Å². The minimum Gasteiger partial charge on any atom is -0.346 e. The molecule has 0 saturated heterocycles. The molecule has 1 amide bonds. The molecule has 0 bridgehead atoms. The summed E-state index contributed by atoms with van der Waals surface area (Å²) < 4.78 is 0. The highest BCUT2D eigenvalue weighted by molar-refractivity contribution is 5.77. The molecule has 76 valence electrons. The van der Waals surface area contributed by atoms with E-state index in [4.69, 9.17) is 5.73 Å². The maximum absolute atomic E-state index is 11.6. The van der Waals surface area contributed by atoms with Gasteiger partial charge in [0.15, 0.2) is 0 Å². The van der Waals surface area contributed by atoms with Crippen molar-refractivity contribution in [1.29, 1.82) is 0 Å². The van der Waals surface area contributed by atoms with Crippen LogP contribution in [-0.4, -0.2) is 29.9 Å². The van der Waals surface area contributed by atoms with Crippen molar-refractivity contribution >= 4 is 5.91 Å². The number of hydrogen-bond acceptors (Lipinski definition) is 2. The van der Waals surface area contributed by atoms with Gasteiger partial charge < -0.3 is 10.6 Å². The number of carbonyl (C=O) groups is 1. The van der Waals surface area contributed by atoms with Crippen LogP contribution in [0.3, 0.4) is 0 Å². The van der Waals surface area contributed by atoms with Crippen LogP contribution in [0, 0.1) is 0 Å². The first-order chi connectivity index (χ1) is 6.07. The molecule has 0 aliphatic heterocycles. The van der Waals surface area contributed by atoms with Gasteiger partial charge in [-0.3, -0.25) is 4.79 Å². The lowest BCUT2D eigenvalue weighted by Gasteiger charge is -2.38. The Balaban J connectivity index is 2.31. The van der Waals surface area contributed by atoms with E-state index in [1.165, 1.54) is 6.42 Å². The molecule has 0 heterocycles. The number of carbonyl (C=O) groups excluding carboxylic acids is 1. The molecule has 3 nitrogen and oxygen atoms in total. The second-order valence-electron chi connectivity index (χ2n) is 4.21. The van der Waals surface area contributed by atoms with E-state index in [0.29, 0.717) is 6.42 Å². The van der Waals surface area contributed by atoms with Gasteiger partial charge in [0.2, 0.25) is 5.91 Å². The van der Waals surface area contributed by atoms with E-state index in [-0.39, 0.29) is 11.4 Å². The quantitative estimate of drug-likeness (QED) is 0.712. The van der Waals surface area contributed by atoms with Gasteiger partial charge in [0.25, 0.3) is 0 Å². The Hall–Kier alpha value is -0.570. The third-order valence-electron chi connectivity index (χ3n) is 2.84. The van der Waals surface area contributed by atoms with Gasteiger partial charge in [0.1, 0.15) is 0 Å². The van der Waals surface area contributed by atoms with Crippen molar-refractivity contribution in [2.75, 3.05) is 13.6 Å². The van der Waals surface area contributed by atoms with Crippen LogP contribution < -0.4 is 5.73 Å². The van der Waals surface area contributed by atoms with Crippen molar-refractivity contribution in [2.24, 2.45) is 5.73 Å². The molecule has 13 heavy (non-hydrogen) atoms.